The fourth-order valence-electron chi connectivity index (χ4n) is 2.85. The van der Waals surface area contributed by atoms with Crippen LogP contribution < -0.4 is 5.56 Å². The molecule has 0 spiro atoms. The molecular weight excluding hydrogens is 264 g/mol. The average molecular weight is 286 g/mol. The number of aromatic amines is 1. The van der Waals surface area contributed by atoms with Crippen molar-refractivity contribution >= 4 is 10.9 Å². The second-order valence-corrected chi connectivity index (χ2v) is 5.56. The lowest BCUT2D eigenvalue weighted by Gasteiger charge is -2.33. The summed E-state index contributed by atoms with van der Waals surface area (Å²) in [6, 6.07) is 7.50. The molecule has 1 saturated heterocycles. The number of rotatable bonds is 4. The summed E-state index contributed by atoms with van der Waals surface area (Å²) in [6.07, 6.45) is 0.798. The minimum atomic E-state index is -0.0357. The first kappa shape index (κ1) is 14.2. The second-order valence-electron chi connectivity index (χ2n) is 5.56. The van der Waals surface area contributed by atoms with Crippen LogP contribution in [0, 0.1) is 0 Å². The number of nitrogens with one attached hydrogen (secondary N) is 1. The van der Waals surface area contributed by atoms with Crippen molar-refractivity contribution in [1.82, 2.24) is 19.8 Å². The molecule has 2 aromatic rings. The number of piperazine rings is 1. The average Bonchev–Trinajstić information content (AvgIpc) is 2.53. The summed E-state index contributed by atoms with van der Waals surface area (Å²) in [4.78, 5) is 24.4. The maximum absolute atomic E-state index is 12.0. The Balaban J connectivity index is 1.65. The fourth-order valence-corrected chi connectivity index (χ4v) is 2.85. The van der Waals surface area contributed by atoms with E-state index >= 15 is 0 Å². The molecule has 0 amide bonds. The molecule has 0 bridgehead atoms. The lowest BCUT2D eigenvalue weighted by Crippen LogP contribution is -2.46. The second kappa shape index (κ2) is 6.37. The molecule has 1 aromatic carbocycles. The molecule has 5 nitrogen and oxygen atoms in total. The molecule has 5 heteroatoms. The van der Waals surface area contributed by atoms with Gasteiger partial charge in [0.2, 0.25) is 0 Å². The van der Waals surface area contributed by atoms with Gasteiger partial charge in [0, 0.05) is 39.1 Å². The Kier molecular flexibility index (Phi) is 4.31. The summed E-state index contributed by atoms with van der Waals surface area (Å²) in [6.45, 7) is 8.78. The van der Waals surface area contributed by atoms with Crippen LogP contribution in [0.4, 0.5) is 0 Å². The van der Waals surface area contributed by atoms with Crippen LogP contribution in [-0.4, -0.2) is 59.0 Å². The molecule has 112 valence electrons. The van der Waals surface area contributed by atoms with Gasteiger partial charge >= 0.3 is 0 Å². The largest absolute Gasteiger partial charge is 0.310 e. The third-order valence-corrected chi connectivity index (χ3v) is 4.24. The van der Waals surface area contributed by atoms with E-state index in [2.05, 4.69) is 26.7 Å². The lowest BCUT2D eigenvalue weighted by molar-refractivity contribution is 0.138. The maximum Gasteiger partial charge on any atom is 0.258 e. The lowest BCUT2D eigenvalue weighted by atomic mass is 10.2. The summed E-state index contributed by atoms with van der Waals surface area (Å²) in [5.41, 5.74) is 0.749. The molecule has 1 aliphatic heterocycles. The molecule has 0 aliphatic carbocycles. The predicted octanol–water partition coefficient (Wildman–Crippen LogP) is 1.10. The first-order valence-corrected chi connectivity index (χ1v) is 7.69. The normalized spacial score (nSPS) is 17.4. The molecule has 1 N–H and O–H groups in total. The molecule has 1 aliphatic rings. The topological polar surface area (TPSA) is 52.2 Å². The molecule has 3 rings (SSSR count). The third-order valence-electron chi connectivity index (χ3n) is 4.24. The highest BCUT2D eigenvalue weighted by Gasteiger charge is 2.15. The number of para-hydroxylation sites is 1. The number of benzene rings is 1. The van der Waals surface area contributed by atoms with Crippen LogP contribution in [0.25, 0.3) is 10.9 Å². The van der Waals surface area contributed by atoms with Gasteiger partial charge in [0.1, 0.15) is 5.82 Å². The van der Waals surface area contributed by atoms with E-state index in [1.807, 2.05) is 24.3 Å². The molecule has 2 heterocycles. The molecule has 0 atom stereocenters. The van der Waals surface area contributed by atoms with Crippen molar-refractivity contribution < 1.29 is 0 Å². The monoisotopic (exact) mass is 286 g/mol. The van der Waals surface area contributed by atoms with Crippen LogP contribution in [0.3, 0.4) is 0 Å². The van der Waals surface area contributed by atoms with Crippen molar-refractivity contribution in [3.8, 4) is 0 Å². The predicted molar refractivity (Wildman–Crippen MR) is 84.6 cm³/mol. The quantitative estimate of drug-likeness (QED) is 0.914. The molecule has 0 saturated carbocycles. The van der Waals surface area contributed by atoms with Crippen molar-refractivity contribution in [2.75, 3.05) is 39.3 Å². The van der Waals surface area contributed by atoms with Crippen LogP contribution in [0.1, 0.15) is 12.7 Å². The zero-order valence-corrected chi connectivity index (χ0v) is 12.5. The summed E-state index contributed by atoms with van der Waals surface area (Å²) < 4.78 is 0. The SMILES string of the molecule is CCN1CCN(CCc2nc3ccccc3c(=O)[nH]2)CC1. The van der Waals surface area contributed by atoms with Crippen LogP contribution >= 0.6 is 0 Å². The van der Waals surface area contributed by atoms with Gasteiger partial charge in [0.25, 0.3) is 5.56 Å². The molecular formula is C16H22N4O. The van der Waals surface area contributed by atoms with Gasteiger partial charge in [-0.25, -0.2) is 4.98 Å². The van der Waals surface area contributed by atoms with Crippen molar-refractivity contribution in [1.29, 1.82) is 0 Å². The summed E-state index contributed by atoms with van der Waals surface area (Å²) in [5.74, 6) is 0.789. The Morgan fingerprint density at radius 1 is 1.14 bits per heavy atom. The highest BCUT2D eigenvalue weighted by Crippen LogP contribution is 2.07. The van der Waals surface area contributed by atoms with E-state index in [4.69, 9.17) is 0 Å². The number of H-pyrrole nitrogens is 1. The van der Waals surface area contributed by atoms with E-state index in [0.29, 0.717) is 5.39 Å². The van der Waals surface area contributed by atoms with E-state index in [0.717, 1.165) is 57.0 Å². The van der Waals surface area contributed by atoms with E-state index in [-0.39, 0.29) is 5.56 Å². The van der Waals surface area contributed by atoms with E-state index in [1.54, 1.807) is 0 Å². The van der Waals surface area contributed by atoms with Crippen LogP contribution in [0.15, 0.2) is 29.1 Å². The van der Waals surface area contributed by atoms with Crippen LogP contribution in [0.2, 0.25) is 0 Å². The number of fused-ring (bicyclic) bond motifs is 1. The van der Waals surface area contributed by atoms with Crippen molar-refractivity contribution in [3.63, 3.8) is 0 Å². The van der Waals surface area contributed by atoms with Gasteiger partial charge in [-0.2, -0.15) is 0 Å². The Morgan fingerprint density at radius 3 is 2.62 bits per heavy atom. The van der Waals surface area contributed by atoms with E-state index in [9.17, 15) is 4.79 Å². The van der Waals surface area contributed by atoms with Gasteiger partial charge in [0.05, 0.1) is 10.9 Å². The van der Waals surface area contributed by atoms with Crippen molar-refractivity contribution in [2.24, 2.45) is 0 Å². The Morgan fingerprint density at radius 2 is 1.86 bits per heavy atom. The molecule has 1 aromatic heterocycles. The molecule has 0 unspecified atom stereocenters. The Hall–Kier alpha value is -1.72. The fraction of sp³-hybridized carbons (Fsp3) is 0.500. The van der Waals surface area contributed by atoms with Crippen molar-refractivity contribution in [2.45, 2.75) is 13.3 Å². The number of likely N-dealkylation sites (N-methyl/N-ethyl adjacent to an activating group) is 1. The first-order valence-electron chi connectivity index (χ1n) is 7.69. The summed E-state index contributed by atoms with van der Waals surface area (Å²) in [7, 11) is 0. The van der Waals surface area contributed by atoms with Gasteiger partial charge in [-0.3, -0.25) is 4.79 Å². The van der Waals surface area contributed by atoms with Crippen molar-refractivity contribution in [3.05, 3.63) is 40.4 Å². The van der Waals surface area contributed by atoms with Gasteiger partial charge in [-0.1, -0.05) is 19.1 Å². The number of nitrogens with zero attached hydrogens (tertiary/aromatic N) is 3. The number of hydrogen-bond acceptors (Lipinski definition) is 4. The zero-order valence-electron chi connectivity index (χ0n) is 12.5. The van der Waals surface area contributed by atoms with E-state index in [1.165, 1.54) is 0 Å². The minimum absolute atomic E-state index is 0.0357. The summed E-state index contributed by atoms with van der Waals surface area (Å²) in [5, 5.41) is 0.665. The molecule has 1 fully saturated rings. The maximum atomic E-state index is 12.0. The highest BCUT2D eigenvalue weighted by molar-refractivity contribution is 5.77. The standard InChI is InChI=1S/C16H22N4O/c1-2-19-9-11-20(12-10-19)8-7-15-17-14-6-4-3-5-13(14)16(21)18-15/h3-6H,2,7-12H2,1H3,(H,17,18,21). The smallest absolute Gasteiger partial charge is 0.258 e. The minimum Gasteiger partial charge on any atom is -0.310 e. The van der Waals surface area contributed by atoms with Gasteiger partial charge in [-0.15, -0.1) is 0 Å². The Labute approximate surface area is 124 Å². The highest BCUT2D eigenvalue weighted by atomic mass is 16.1. The van der Waals surface area contributed by atoms with Crippen LogP contribution in [0.5, 0.6) is 0 Å². The molecule has 0 radical (unpaired) electrons. The number of hydrogen-bond donors (Lipinski definition) is 1. The van der Waals surface area contributed by atoms with E-state index < -0.39 is 0 Å². The van der Waals surface area contributed by atoms with Gasteiger partial charge in [0.15, 0.2) is 0 Å². The van der Waals surface area contributed by atoms with Crippen LogP contribution in [-0.2, 0) is 6.42 Å². The summed E-state index contributed by atoms with van der Waals surface area (Å²) >= 11 is 0. The molecule has 21 heavy (non-hydrogen) atoms. The Bertz CT molecular complexity index is 659. The first-order chi connectivity index (χ1) is 10.3. The van der Waals surface area contributed by atoms with Gasteiger partial charge < -0.3 is 14.8 Å². The zero-order chi connectivity index (χ0) is 14.7. The van der Waals surface area contributed by atoms with Gasteiger partial charge in [-0.05, 0) is 18.7 Å². The third kappa shape index (κ3) is 3.31. The number of aromatic nitrogens is 2.